The molecule has 1 spiro atoms. The van der Waals surface area contributed by atoms with Gasteiger partial charge in [-0.2, -0.15) is 0 Å². The second kappa shape index (κ2) is 6.96. The Morgan fingerprint density at radius 3 is 2.96 bits per heavy atom. The monoisotopic (exact) mass is 352 g/mol. The smallest absolute Gasteiger partial charge is 0.269 e. The maximum atomic E-state index is 12.5. The van der Waals surface area contributed by atoms with Crippen LogP contribution in [0.3, 0.4) is 0 Å². The zero-order valence-electron chi connectivity index (χ0n) is 14.8. The topological polar surface area (TPSA) is 70.2 Å². The molecule has 1 fully saturated rings. The SMILES string of the molecule is C=CCN1CCC2(CC1)C[C@H](NC(=O)c1cnc[nH]1)c1ccccc1O2. The van der Waals surface area contributed by atoms with Crippen molar-refractivity contribution in [2.75, 3.05) is 19.6 Å². The lowest BCUT2D eigenvalue weighted by Crippen LogP contribution is -2.52. The van der Waals surface area contributed by atoms with Crippen molar-refractivity contribution in [3.63, 3.8) is 0 Å². The van der Waals surface area contributed by atoms with Gasteiger partial charge in [0.1, 0.15) is 17.0 Å². The van der Waals surface area contributed by atoms with E-state index in [1.807, 2.05) is 30.3 Å². The number of aromatic nitrogens is 2. The third kappa shape index (κ3) is 3.24. The number of rotatable bonds is 4. The van der Waals surface area contributed by atoms with Crippen molar-refractivity contribution in [1.29, 1.82) is 0 Å². The Bertz CT molecular complexity index is 779. The fourth-order valence-corrected chi connectivity index (χ4v) is 3.99. The lowest BCUT2D eigenvalue weighted by Gasteiger charge is -2.46. The third-order valence-electron chi connectivity index (χ3n) is 5.40. The van der Waals surface area contributed by atoms with Crippen LogP contribution in [-0.4, -0.2) is 46.0 Å². The van der Waals surface area contributed by atoms with Crippen LogP contribution in [0.25, 0.3) is 0 Å². The number of H-pyrrole nitrogens is 1. The summed E-state index contributed by atoms with van der Waals surface area (Å²) in [5.41, 5.74) is 1.29. The van der Waals surface area contributed by atoms with Gasteiger partial charge in [-0.3, -0.25) is 9.69 Å². The van der Waals surface area contributed by atoms with Crippen molar-refractivity contribution in [2.45, 2.75) is 30.9 Å². The lowest BCUT2D eigenvalue weighted by molar-refractivity contribution is -0.0223. The van der Waals surface area contributed by atoms with Crippen LogP contribution in [-0.2, 0) is 0 Å². The molecule has 1 saturated heterocycles. The number of ether oxygens (including phenoxy) is 1. The molecule has 0 aliphatic carbocycles. The average molecular weight is 352 g/mol. The number of benzene rings is 1. The van der Waals surface area contributed by atoms with Crippen LogP contribution < -0.4 is 10.1 Å². The van der Waals surface area contributed by atoms with Gasteiger partial charge in [-0.1, -0.05) is 24.3 Å². The highest BCUT2D eigenvalue weighted by atomic mass is 16.5. The van der Waals surface area contributed by atoms with Crippen molar-refractivity contribution in [3.05, 3.63) is 60.7 Å². The summed E-state index contributed by atoms with van der Waals surface area (Å²) in [6.07, 6.45) is 7.69. The number of imidazole rings is 1. The molecule has 2 aliphatic heterocycles. The summed E-state index contributed by atoms with van der Waals surface area (Å²) >= 11 is 0. The summed E-state index contributed by atoms with van der Waals surface area (Å²) in [4.78, 5) is 21.7. The van der Waals surface area contributed by atoms with Crippen molar-refractivity contribution < 1.29 is 9.53 Å². The standard InChI is InChI=1S/C20H24N4O2/c1-2-9-24-10-7-20(8-11-24)12-16(15-5-3-4-6-18(15)26-20)23-19(25)17-13-21-14-22-17/h2-6,13-14,16H,1,7-12H2,(H,21,22)(H,23,25)/t16-/m0/s1. The molecule has 0 saturated carbocycles. The molecule has 1 aromatic heterocycles. The van der Waals surface area contributed by atoms with Crippen LogP contribution in [0.2, 0.25) is 0 Å². The molecule has 2 N–H and O–H groups in total. The molecule has 3 heterocycles. The van der Waals surface area contributed by atoms with E-state index in [9.17, 15) is 4.79 Å². The number of para-hydroxylation sites is 1. The molecule has 6 heteroatoms. The summed E-state index contributed by atoms with van der Waals surface area (Å²) in [5, 5.41) is 3.17. The van der Waals surface area contributed by atoms with E-state index < -0.39 is 0 Å². The molecule has 0 radical (unpaired) electrons. The Balaban J connectivity index is 1.56. The maximum Gasteiger partial charge on any atom is 0.269 e. The van der Waals surface area contributed by atoms with Crippen molar-refractivity contribution in [3.8, 4) is 5.75 Å². The van der Waals surface area contributed by atoms with Gasteiger partial charge in [-0.25, -0.2) is 4.98 Å². The van der Waals surface area contributed by atoms with Gasteiger partial charge in [0.15, 0.2) is 0 Å². The first kappa shape index (κ1) is 16.8. The van der Waals surface area contributed by atoms with E-state index in [2.05, 4.69) is 26.8 Å². The minimum absolute atomic E-state index is 0.0679. The molecular weight excluding hydrogens is 328 g/mol. The average Bonchev–Trinajstić information content (AvgIpc) is 3.19. The van der Waals surface area contributed by atoms with Crippen molar-refractivity contribution in [2.24, 2.45) is 0 Å². The van der Waals surface area contributed by atoms with Gasteiger partial charge in [0.2, 0.25) is 0 Å². The Morgan fingerprint density at radius 2 is 2.23 bits per heavy atom. The number of nitrogens with zero attached hydrogens (tertiary/aromatic N) is 2. The Hall–Kier alpha value is -2.60. The van der Waals surface area contributed by atoms with Gasteiger partial charge in [-0.15, -0.1) is 6.58 Å². The number of aromatic amines is 1. The second-order valence-corrected chi connectivity index (χ2v) is 7.11. The highest BCUT2D eigenvalue weighted by Gasteiger charge is 2.43. The zero-order chi connectivity index (χ0) is 18.0. The predicted molar refractivity (Wildman–Crippen MR) is 99.1 cm³/mol. The van der Waals surface area contributed by atoms with Crippen LogP contribution in [0.4, 0.5) is 0 Å². The Labute approximate surface area is 153 Å². The van der Waals surface area contributed by atoms with E-state index in [0.717, 1.165) is 50.2 Å². The van der Waals surface area contributed by atoms with Crippen LogP contribution in [0.5, 0.6) is 5.75 Å². The number of fused-ring (bicyclic) bond motifs is 1. The largest absolute Gasteiger partial charge is 0.487 e. The Morgan fingerprint density at radius 1 is 1.42 bits per heavy atom. The van der Waals surface area contributed by atoms with Crippen LogP contribution in [0.15, 0.2) is 49.4 Å². The zero-order valence-corrected chi connectivity index (χ0v) is 14.8. The van der Waals surface area contributed by atoms with Gasteiger partial charge >= 0.3 is 0 Å². The predicted octanol–water partition coefficient (Wildman–Crippen LogP) is 2.68. The molecule has 2 aromatic rings. The van der Waals surface area contributed by atoms with E-state index in [1.165, 1.54) is 6.33 Å². The van der Waals surface area contributed by atoms with Gasteiger partial charge in [0.05, 0.1) is 18.6 Å². The lowest BCUT2D eigenvalue weighted by atomic mass is 9.80. The van der Waals surface area contributed by atoms with Gasteiger partial charge < -0.3 is 15.0 Å². The molecule has 2 aliphatic rings. The number of piperidine rings is 1. The number of hydrogen-bond acceptors (Lipinski definition) is 4. The number of amides is 1. The molecule has 1 atom stereocenters. The number of nitrogens with one attached hydrogen (secondary N) is 2. The van der Waals surface area contributed by atoms with Crippen LogP contribution in [0.1, 0.15) is 41.4 Å². The van der Waals surface area contributed by atoms with E-state index >= 15 is 0 Å². The molecule has 1 aromatic carbocycles. The molecular formula is C20H24N4O2. The summed E-state index contributed by atoms with van der Waals surface area (Å²) in [5.74, 6) is 0.745. The molecule has 0 unspecified atom stereocenters. The number of carbonyl (C=O) groups excluding carboxylic acids is 1. The maximum absolute atomic E-state index is 12.5. The number of hydrogen-bond donors (Lipinski definition) is 2. The molecule has 1 amide bonds. The minimum atomic E-state index is -0.224. The first-order valence-corrected chi connectivity index (χ1v) is 9.09. The first-order chi connectivity index (χ1) is 12.7. The van der Waals surface area contributed by atoms with Crippen LogP contribution >= 0.6 is 0 Å². The third-order valence-corrected chi connectivity index (χ3v) is 5.40. The molecule has 0 bridgehead atoms. The highest BCUT2D eigenvalue weighted by Crippen LogP contribution is 2.44. The minimum Gasteiger partial charge on any atom is -0.487 e. The van der Waals surface area contributed by atoms with Gasteiger partial charge in [0, 0.05) is 31.6 Å². The van der Waals surface area contributed by atoms with E-state index in [0.29, 0.717) is 5.69 Å². The molecule has 26 heavy (non-hydrogen) atoms. The summed E-state index contributed by atoms with van der Waals surface area (Å²) < 4.78 is 6.47. The van der Waals surface area contributed by atoms with E-state index in [-0.39, 0.29) is 17.6 Å². The number of likely N-dealkylation sites (tertiary alicyclic amines) is 1. The van der Waals surface area contributed by atoms with Crippen LogP contribution in [0, 0.1) is 0 Å². The van der Waals surface area contributed by atoms with Gasteiger partial charge in [-0.05, 0) is 18.9 Å². The van der Waals surface area contributed by atoms with Crippen molar-refractivity contribution in [1.82, 2.24) is 20.2 Å². The van der Waals surface area contributed by atoms with E-state index in [1.54, 1.807) is 6.20 Å². The fraction of sp³-hybridized carbons (Fsp3) is 0.400. The molecule has 6 nitrogen and oxygen atoms in total. The van der Waals surface area contributed by atoms with Crippen molar-refractivity contribution >= 4 is 5.91 Å². The molecule has 136 valence electrons. The second-order valence-electron chi connectivity index (χ2n) is 7.11. The Kier molecular flexibility index (Phi) is 4.51. The summed E-state index contributed by atoms with van der Waals surface area (Å²) in [7, 11) is 0. The fourth-order valence-electron chi connectivity index (χ4n) is 3.99. The normalized spacial score (nSPS) is 21.6. The van der Waals surface area contributed by atoms with Gasteiger partial charge in [0.25, 0.3) is 5.91 Å². The first-order valence-electron chi connectivity index (χ1n) is 9.09. The highest BCUT2D eigenvalue weighted by molar-refractivity contribution is 5.92. The number of carbonyl (C=O) groups is 1. The summed E-state index contributed by atoms with van der Waals surface area (Å²) in [6.45, 7) is 6.70. The summed E-state index contributed by atoms with van der Waals surface area (Å²) in [6, 6.07) is 7.94. The quantitative estimate of drug-likeness (QED) is 0.830. The molecule has 4 rings (SSSR count). The van der Waals surface area contributed by atoms with E-state index in [4.69, 9.17) is 4.74 Å².